The monoisotopic (exact) mass is 756 g/mol. The number of hydrogen-bond acceptors (Lipinski definition) is 11. The number of carboxylic acids is 1. The van der Waals surface area contributed by atoms with Crippen molar-refractivity contribution in [2.45, 2.75) is 39.3 Å². The van der Waals surface area contributed by atoms with Gasteiger partial charge in [-0.2, -0.15) is 13.2 Å². The van der Waals surface area contributed by atoms with Gasteiger partial charge in [0.2, 0.25) is 0 Å². The lowest BCUT2D eigenvalue weighted by Gasteiger charge is -2.12. The number of imidazole rings is 1. The van der Waals surface area contributed by atoms with Crippen molar-refractivity contribution in [2.24, 2.45) is 0 Å². The first-order chi connectivity index (χ1) is 24.5. The number of halogens is 4. The molecule has 0 aliphatic rings. The number of rotatable bonds is 14. The highest BCUT2D eigenvalue weighted by Crippen LogP contribution is 2.22. The summed E-state index contributed by atoms with van der Waals surface area (Å²) in [5.41, 5.74) is 13.2. The molecule has 0 aliphatic heterocycles. The highest BCUT2D eigenvalue weighted by molar-refractivity contribution is 6.31. The highest BCUT2D eigenvalue weighted by atomic mass is 35.5. The number of ether oxygens (including phenoxy) is 2. The second-order valence-corrected chi connectivity index (χ2v) is 11.3. The second kappa shape index (κ2) is 18.1. The van der Waals surface area contributed by atoms with Crippen molar-refractivity contribution >= 4 is 52.1 Å². The first kappa shape index (κ1) is 41.0. The van der Waals surface area contributed by atoms with E-state index in [4.69, 9.17) is 42.4 Å². The van der Waals surface area contributed by atoms with Gasteiger partial charge in [0.25, 0.3) is 23.2 Å². The second-order valence-electron chi connectivity index (χ2n) is 10.9. The van der Waals surface area contributed by atoms with E-state index in [1.807, 2.05) is 34.3 Å². The van der Waals surface area contributed by atoms with Gasteiger partial charge in [-0.05, 0) is 25.1 Å². The molecular weight excluding hydrogens is 719 g/mol. The van der Waals surface area contributed by atoms with Crippen LogP contribution in [0.2, 0.25) is 5.15 Å². The Morgan fingerprint density at radius 2 is 1.73 bits per heavy atom. The number of pyridine rings is 1. The minimum atomic E-state index is -5.08. The van der Waals surface area contributed by atoms with Crippen LogP contribution < -0.4 is 31.6 Å². The zero-order valence-corrected chi connectivity index (χ0v) is 29.1. The number of hydrogen-bond donors (Lipinski definition) is 5. The number of carboxylic acid groups (broad SMARTS) is 1. The molecule has 0 spiro atoms. The van der Waals surface area contributed by atoms with Crippen molar-refractivity contribution in [3.63, 3.8) is 0 Å². The number of nitrogen functional groups attached to an aromatic ring is 2. The number of anilines is 2. The van der Waals surface area contributed by atoms with Gasteiger partial charge in [0.05, 0.1) is 31.9 Å². The summed E-state index contributed by atoms with van der Waals surface area (Å²) in [6, 6.07) is 8.45. The fraction of sp³-hybridized carbons (Fsp3) is 0.387. The van der Waals surface area contributed by atoms with Crippen LogP contribution in [0.25, 0.3) is 11.0 Å². The van der Waals surface area contributed by atoms with Gasteiger partial charge >= 0.3 is 12.1 Å². The Bertz CT molecular complexity index is 1970. The van der Waals surface area contributed by atoms with Gasteiger partial charge in [-0.1, -0.05) is 11.6 Å². The lowest BCUT2D eigenvalue weighted by atomic mass is 10.2. The summed E-state index contributed by atoms with van der Waals surface area (Å²) in [6.07, 6.45) is -3.56. The van der Waals surface area contributed by atoms with Crippen molar-refractivity contribution in [1.29, 1.82) is 0 Å². The van der Waals surface area contributed by atoms with Crippen LogP contribution in [-0.4, -0.2) is 98.7 Å². The third kappa shape index (κ3) is 10.5. The predicted molar refractivity (Wildman–Crippen MR) is 181 cm³/mol. The minimum absolute atomic E-state index is 0.0754. The van der Waals surface area contributed by atoms with Crippen molar-refractivity contribution in [2.75, 3.05) is 52.0 Å². The number of aliphatic carboxylic acids is 1. The van der Waals surface area contributed by atoms with Gasteiger partial charge in [0.15, 0.2) is 33.5 Å². The van der Waals surface area contributed by atoms with Gasteiger partial charge < -0.3 is 45.9 Å². The van der Waals surface area contributed by atoms with Crippen LogP contribution in [0.4, 0.5) is 24.8 Å². The van der Waals surface area contributed by atoms with E-state index in [0.717, 1.165) is 16.9 Å². The number of benzene rings is 1. The number of nitrogens with one attached hydrogen (secondary N) is 1. The maximum Gasteiger partial charge on any atom is 0.490 e. The molecule has 0 unspecified atom stereocenters. The maximum absolute atomic E-state index is 13.0. The lowest BCUT2D eigenvalue weighted by Crippen LogP contribution is -2.40. The molecule has 0 saturated carbocycles. The fourth-order valence-corrected chi connectivity index (χ4v) is 4.91. The van der Waals surface area contributed by atoms with E-state index >= 15 is 0 Å². The minimum Gasteiger partial charge on any atom is -0.491 e. The highest BCUT2D eigenvalue weighted by Gasteiger charge is 2.38. The number of aliphatic hydroxyl groups excluding tert-OH is 1. The first-order valence-corrected chi connectivity index (χ1v) is 15.8. The summed E-state index contributed by atoms with van der Waals surface area (Å²) in [6.45, 7) is 3.82. The Morgan fingerprint density at radius 1 is 1.06 bits per heavy atom. The summed E-state index contributed by atoms with van der Waals surface area (Å²) in [7, 11) is 3.29. The molecule has 0 bridgehead atoms. The molecule has 0 fully saturated rings. The van der Waals surface area contributed by atoms with Crippen molar-refractivity contribution < 1.29 is 51.8 Å². The number of amides is 2. The van der Waals surface area contributed by atoms with Gasteiger partial charge in [-0.3, -0.25) is 14.4 Å². The maximum atomic E-state index is 13.0. The summed E-state index contributed by atoms with van der Waals surface area (Å²) in [5, 5.41) is 19.1. The standard InChI is InChI=1S/C29H36ClN9O6.C2HF3O2/c1-4-38-20-7-6-19(45-14-11-40)15-21(20)39(22(38)16-33-28(42)24-26(31)35-27(32)25(30)34-24)10-13-44-12-9-37-17-18(5-8-23(37)41)29(43)36(2)3;3-2(4,5)1(6)7/h5-8,15,17,40H,4,9-14,16H2,1-3H3,(H4-,31,32,33,35,42);(H,6,7)/p+1. The molecule has 3 aromatic heterocycles. The Balaban J connectivity index is 0.000000944. The number of carbonyl (C=O) groups excluding carboxylic acids is 2. The summed E-state index contributed by atoms with van der Waals surface area (Å²) >= 11 is 5.97. The summed E-state index contributed by atoms with van der Waals surface area (Å²) in [5.74, 6) is -2.44. The molecule has 1 aromatic carbocycles. The molecule has 4 aromatic rings. The van der Waals surface area contributed by atoms with E-state index in [-0.39, 0.29) is 73.5 Å². The molecule has 7 N–H and O–H groups in total. The zero-order valence-electron chi connectivity index (χ0n) is 28.3. The van der Waals surface area contributed by atoms with E-state index in [2.05, 4.69) is 15.3 Å². The number of aromatic nitrogens is 5. The normalized spacial score (nSPS) is 11.2. The van der Waals surface area contributed by atoms with Crippen LogP contribution in [-0.2, 0) is 35.7 Å². The van der Waals surface area contributed by atoms with Crippen molar-refractivity contribution in [3.05, 3.63) is 69.1 Å². The lowest BCUT2D eigenvalue weighted by molar-refractivity contribution is -0.676. The molecule has 17 nitrogen and oxygen atoms in total. The van der Waals surface area contributed by atoms with Crippen LogP contribution in [0.3, 0.4) is 0 Å². The SMILES string of the molecule is CC[n+]1c(CNC(=O)c2nc(Cl)c(N)nc2N)n(CCOCCn2cc(C(=O)N(C)C)ccc2=O)c2cc(OCCO)ccc21.O=C(O)C(F)(F)F. The third-order valence-electron chi connectivity index (χ3n) is 7.17. The van der Waals surface area contributed by atoms with Crippen LogP contribution in [0.5, 0.6) is 5.75 Å². The molecule has 0 radical (unpaired) electrons. The van der Waals surface area contributed by atoms with Gasteiger partial charge in [0.1, 0.15) is 25.4 Å². The van der Waals surface area contributed by atoms with E-state index in [9.17, 15) is 32.7 Å². The zero-order chi connectivity index (χ0) is 38.7. The van der Waals surface area contributed by atoms with E-state index in [0.29, 0.717) is 24.4 Å². The Morgan fingerprint density at radius 3 is 2.35 bits per heavy atom. The molecular formula is C31H38ClF3N9O8+. The number of aliphatic hydroxyl groups is 1. The van der Waals surface area contributed by atoms with Crippen molar-refractivity contribution in [1.82, 2.24) is 29.3 Å². The number of nitrogens with zero attached hydrogens (tertiary/aromatic N) is 6. The molecule has 0 saturated heterocycles. The molecule has 4 rings (SSSR count). The fourth-order valence-electron chi connectivity index (χ4n) is 4.78. The first-order valence-electron chi connectivity index (χ1n) is 15.4. The van der Waals surface area contributed by atoms with Crippen LogP contribution in [0.1, 0.15) is 33.6 Å². The molecule has 282 valence electrons. The molecule has 3 heterocycles. The molecule has 0 atom stereocenters. The average molecular weight is 757 g/mol. The van der Waals surface area contributed by atoms with Gasteiger partial charge in [-0.25, -0.2) is 23.9 Å². The topological polar surface area (TPSA) is 234 Å². The van der Waals surface area contributed by atoms with Crippen LogP contribution in [0, 0.1) is 0 Å². The van der Waals surface area contributed by atoms with E-state index < -0.39 is 18.1 Å². The molecule has 2 amide bonds. The van der Waals surface area contributed by atoms with Crippen molar-refractivity contribution in [3.8, 4) is 5.75 Å². The van der Waals surface area contributed by atoms with Crippen LogP contribution in [0.15, 0.2) is 41.3 Å². The average Bonchev–Trinajstić information content (AvgIpc) is 3.39. The smallest absolute Gasteiger partial charge is 0.490 e. The summed E-state index contributed by atoms with van der Waals surface area (Å²) in [4.78, 5) is 55.9. The number of nitrogens with two attached hydrogens (primary N) is 2. The summed E-state index contributed by atoms with van der Waals surface area (Å²) < 4.78 is 48.8. The van der Waals surface area contributed by atoms with E-state index in [1.165, 1.54) is 27.8 Å². The van der Waals surface area contributed by atoms with Gasteiger partial charge in [-0.15, -0.1) is 0 Å². The quantitative estimate of drug-likeness (QED) is 0.0898. The predicted octanol–water partition coefficient (Wildman–Crippen LogP) is 1.07. The van der Waals surface area contributed by atoms with E-state index in [1.54, 1.807) is 14.1 Å². The Labute approximate surface area is 299 Å². The molecule has 21 heteroatoms. The third-order valence-corrected chi connectivity index (χ3v) is 7.45. The number of alkyl halides is 3. The Kier molecular flexibility index (Phi) is 14.3. The molecule has 52 heavy (non-hydrogen) atoms. The Hall–Kier alpha value is -5.47. The number of carbonyl (C=O) groups is 3. The number of aryl methyl sites for hydroxylation is 1. The van der Waals surface area contributed by atoms with Gasteiger partial charge in [0, 0.05) is 39.0 Å². The largest absolute Gasteiger partial charge is 0.491 e. The molecule has 0 aliphatic carbocycles. The van der Waals surface area contributed by atoms with Crippen LogP contribution >= 0.6 is 11.6 Å². The number of fused-ring (bicyclic) bond motifs is 1.